The van der Waals surface area contributed by atoms with E-state index in [0.717, 1.165) is 17.1 Å². The third-order valence-electron chi connectivity index (χ3n) is 7.82. The summed E-state index contributed by atoms with van der Waals surface area (Å²) in [6.07, 6.45) is 2.03. The van der Waals surface area contributed by atoms with Crippen LogP contribution in [0.25, 0.3) is 0 Å². The van der Waals surface area contributed by atoms with Crippen molar-refractivity contribution >= 4 is 34.6 Å². The zero-order chi connectivity index (χ0) is 34.0. The summed E-state index contributed by atoms with van der Waals surface area (Å²) >= 11 is 0. The van der Waals surface area contributed by atoms with Gasteiger partial charge in [-0.2, -0.15) is 4.99 Å². The molecule has 5 aromatic carbocycles. The lowest BCUT2D eigenvalue weighted by Crippen LogP contribution is -2.16. The third kappa shape index (κ3) is 8.41. The van der Waals surface area contributed by atoms with Crippen LogP contribution in [0.5, 0.6) is 0 Å². The highest BCUT2D eigenvalue weighted by Gasteiger charge is 2.12. The summed E-state index contributed by atoms with van der Waals surface area (Å²) in [6.45, 7) is 6.76. The molecule has 6 aromatic rings. The van der Waals surface area contributed by atoms with Gasteiger partial charge >= 0.3 is 0 Å². The first-order valence-electron chi connectivity index (χ1n) is 15.9. The Bertz CT molecular complexity index is 2120. The number of aromatic nitrogens is 1. The average Bonchev–Trinajstić information content (AvgIpc) is 3.61. The molecule has 7 heteroatoms. The smallest absolute Gasteiger partial charge is 0.229 e. The molecular weight excluding hydrogens is 606 g/mol. The maximum atomic E-state index is 13.0. The summed E-state index contributed by atoms with van der Waals surface area (Å²) < 4.78 is 2.14. The molecule has 0 saturated heterocycles. The molecule has 0 bridgehead atoms. The van der Waals surface area contributed by atoms with Crippen LogP contribution >= 0.6 is 0 Å². The van der Waals surface area contributed by atoms with Gasteiger partial charge in [-0.3, -0.25) is 9.59 Å². The molecule has 0 amide bonds. The minimum atomic E-state index is -0.0526. The van der Waals surface area contributed by atoms with E-state index in [1.807, 2.05) is 104 Å². The van der Waals surface area contributed by atoms with Crippen molar-refractivity contribution in [3.05, 3.63) is 204 Å². The molecule has 0 unspecified atom stereocenters. The number of ketones is 2. The second-order valence-corrected chi connectivity index (χ2v) is 11.4. The van der Waals surface area contributed by atoms with Gasteiger partial charge in [0.1, 0.15) is 5.82 Å². The number of guanidine groups is 1. The van der Waals surface area contributed by atoms with Crippen LogP contribution in [0.2, 0.25) is 0 Å². The van der Waals surface area contributed by atoms with Crippen molar-refractivity contribution in [3.63, 3.8) is 0 Å². The van der Waals surface area contributed by atoms with Gasteiger partial charge in [0.25, 0.3) is 0 Å². The van der Waals surface area contributed by atoms with Gasteiger partial charge < -0.3 is 15.2 Å². The van der Waals surface area contributed by atoms with E-state index in [9.17, 15) is 9.59 Å². The molecule has 0 spiro atoms. The van der Waals surface area contributed by atoms with Crippen LogP contribution in [0, 0.1) is 0 Å². The Kier molecular flexibility index (Phi) is 10.1. The molecule has 0 aliphatic rings. The molecule has 0 atom stereocenters. The predicted molar refractivity (Wildman–Crippen MR) is 199 cm³/mol. The van der Waals surface area contributed by atoms with Crippen molar-refractivity contribution in [2.45, 2.75) is 13.5 Å². The van der Waals surface area contributed by atoms with Crippen molar-refractivity contribution in [3.8, 4) is 0 Å². The third-order valence-corrected chi connectivity index (χ3v) is 7.82. The maximum Gasteiger partial charge on any atom is 0.229 e. The van der Waals surface area contributed by atoms with E-state index in [4.69, 9.17) is 9.98 Å². The number of nitrogens with one attached hydrogen (secondary N) is 2. The lowest BCUT2D eigenvalue weighted by atomic mass is 10.0. The van der Waals surface area contributed by atoms with E-state index in [0.29, 0.717) is 46.3 Å². The minimum absolute atomic E-state index is 0.0474. The van der Waals surface area contributed by atoms with Crippen molar-refractivity contribution in [1.82, 2.24) is 4.57 Å². The maximum absolute atomic E-state index is 13.0. The lowest BCUT2D eigenvalue weighted by molar-refractivity contribution is 0.103. The van der Waals surface area contributed by atoms with Gasteiger partial charge in [-0.25, -0.2) is 4.99 Å². The molecule has 6 rings (SSSR count). The van der Waals surface area contributed by atoms with Crippen molar-refractivity contribution in [1.29, 1.82) is 0 Å². The first-order valence-corrected chi connectivity index (χ1v) is 15.9. The highest BCUT2D eigenvalue weighted by Crippen LogP contribution is 2.18. The molecule has 0 saturated carbocycles. The van der Waals surface area contributed by atoms with Crippen LogP contribution in [0.1, 0.15) is 50.0 Å². The molecule has 0 radical (unpaired) electrons. The van der Waals surface area contributed by atoms with Crippen LogP contribution in [-0.2, 0) is 6.54 Å². The fourth-order valence-electron chi connectivity index (χ4n) is 5.33. The monoisotopic (exact) mass is 641 g/mol. The summed E-state index contributed by atoms with van der Waals surface area (Å²) in [5.41, 5.74) is 6.72. The number of hydrogen-bond donors (Lipinski definition) is 2. The fraction of sp³-hybridized carbons (Fsp3) is 0.0476. The molecule has 0 aliphatic carbocycles. The quantitative estimate of drug-likeness (QED) is 0.0841. The zero-order valence-corrected chi connectivity index (χ0v) is 27.1. The van der Waals surface area contributed by atoms with Crippen LogP contribution in [0.15, 0.2) is 180 Å². The number of rotatable bonds is 11. The molecule has 7 nitrogen and oxygen atoms in total. The summed E-state index contributed by atoms with van der Waals surface area (Å²) in [5, 5.41) is 6.51. The molecule has 1 aromatic heterocycles. The Morgan fingerprint density at radius 3 is 1.57 bits per heavy atom. The molecule has 1 heterocycles. The minimum Gasteiger partial charge on any atom is -0.342 e. The summed E-state index contributed by atoms with van der Waals surface area (Å²) in [4.78, 5) is 35.4. The predicted octanol–water partition coefficient (Wildman–Crippen LogP) is 8.86. The molecule has 0 aliphatic heterocycles. The van der Waals surface area contributed by atoms with E-state index in [-0.39, 0.29) is 11.6 Å². The van der Waals surface area contributed by atoms with Crippen LogP contribution < -0.4 is 10.6 Å². The van der Waals surface area contributed by atoms with E-state index in [1.165, 1.54) is 5.56 Å². The number of anilines is 2. The summed E-state index contributed by atoms with van der Waals surface area (Å²) in [7, 11) is 0. The van der Waals surface area contributed by atoms with E-state index < -0.39 is 0 Å². The molecule has 240 valence electrons. The molecule has 2 N–H and O–H groups in total. The largest absolute Gasteiger partial charge is 0.342 e. The van der Waals surface area contributed by atoms with Gasteiger partial charge in [-0.05, 0) is 73.2 Å². The van der Waals surface area contributed by atoms with Gasteiger partial charge in [-0.15, -0.1) is 0 Å². The summed E-state index contributed by atoms with van der Waals surface area (Å²) in [5.74, 6) is 0.550. The second-order valence-electron chi connectivity index (χ2n) is 11.4. The number of hydrogen-bond acceptors (Lipinski definition) is 4. The molecule has 0 fully saturated rings. The Hall–Kier alpha value is -6.60. The number of aliphatic imine (C=N–C) groups is 2. The van der Waals surface area contributed by atoms with Crippen molar-refractivity contribution < 1.29 is 9.59 Å². The Labute approximate surface area is 286 Å². The highest BCUT2D eigenvalue weighted by molar-refractivity contribution is 6.11. The van der Waals surface area contributed by atoms with Gasteiger partial charge in [-0.1, -0.05) is 97.6 Å². The van der Waals surface area contributed by atoms with Gasteiger partial charge in [0.2, 0.25) is 5.96 Å². The average molecular weight is 642 g/mol. The SMILES string of the molecule is C=C(/N=C(\N=C(/C)c1cccn1Cc1ccccc1)Nc1ccc(C(=O)c2ccccc2)cc1)Nc1ccc(C(=O)c2ccccc2)cc1. The second kappa shape index (κ2) is 15.3. The molecular formula is C42H35N5O2. The number of benzene rings is 5. The Morgan fingerprint density at radius 2 is 1.04 bits per heavy atom. The number of carbonyl (C=O) groups is 2. The Morgan fingerprint density at radius 1 is 0.571 bits per heavy atom. The van der Waals surface area contributed by atoms with Crippen LogP contribution in [0.4, 0.5) is 11.4 Å². The highest BCUT2D eigenvalue weighted by atomic mass is 16.1. The molecule has 49 heavy (non-hydrogen) atoms. The van der Waals surface area contributed by atoms with Gasteiger partial charge in [0.15, 0.2) is 11.6 Å². The van der Waals surface area contributed by atoms with Crippen molar-refractivity contribution in [2.24, 2.45) is 9.98 Å². The normalized spacial score (nSPS) is 11.5. The zero-order valence-electron chi connectivity index (χ0n) is 27.1. The number of nitrogens with zero attached hydrogens (tertiary/aromatic N) is 3. The Balaban J connectivity index is 1.24. The number of carbonyl (C=O) groups excluding carboxylic acids is 2. The van der Waals surface area contributed by atoms with Crippen LogP contribution in [0.3, 0.4) is 0 Å². The first kappa shape index (κ1) is 32.3. The lowest BCUT2D eigenvalue weighted by Gasteiger charge is -2.13. The van der Waals surface area contributed by atoms with Crippen molar-refractivity contribution in [2.75, 3.05) is 10.6 Å². The topological polar surface area (TPSA) is 87.8 Å². The van der Waals surface area contributed by atoms with Gasteiger partial charge in [0, 0.05) is 46.4 Å². The van der Waals surface area contributed by atoms with Crippen LogP contribution in [-0.4, -0.2) is 27.8 Å². The van der Waals surface area contributed by atoms with E-state index in [2.05, 4.69) is 33.9 Å². The van der Waals surface area contributed by atoms with E-state index in [1.54, 1.807) is 48.5 Å². The first-order chi connectivity index (χ1) is 23.9. The standard InChI is InChI=1S/C42H35N5O2/c1-30(39-19-12-28-47(39)29-32-13-6-3-7-14-32)43-42(46-38-26-22-36(23-27-38)41(49)34-17-10-5-11-18-34)45-31(2)44-37-24-20-35(21-25-37)40(48)33-15-8-4-9-16-33/h3-28,44H,2,29H2,1H3,(H,45,46)/b43-30+. The summed E-state index contributed by atoms with van der Waals surface area (Å²) in [6, 6.07) is 47.0. The van der Waals surface area contributed by atoms with Gasteiger partial charge in [0.05, 0.1) is 11.4 Å². The fourth-order valence-corrected chi connectivity index (χ4v) is 5.33. The van der Waals surface area contributed by atoms with E-state index >= 15 is 0 Å².